The highest BCUT2D eigenvalue weighted by molar-refractivity contribution is 9.11. The van der Waals surface area contributed by atoms with E-state index < -0.39 is 6.03 Å². The summed E-state index contributed by atoms with van der Waals surface area (Å²) in [5, 5.41) is 2.68. The van der Waals surface area contributed by atoms with Crippen molar-refractivity contribution in [3.05, 3.63) is 50.6 Å². The second-order valence-corrected chi connectivity index (χ2v) is 8.23. The van der Waals surface area contributed by atoms with E-state index in [4.69, 9.17) is 0 Å². The van der Waals surface area contributed by atoms with E-state index in [9.17, 15) is 9.59 Å². The van der Waals surface area contributed by atoms with Gasteiger partial charge in [-0.25, -0.2) is 10.2 Å². The van der Waals surface area contributed by atoms with Crippen LogP contribution in [-0.2, 0) is 0 Å². The first-order valence-corrected chi connectivity index (χ1v) is 9.43. The number of aryl methyl sites for hydroxylation is 1. The van der Waals surface area contributed by atoms with Gasteiger partial charge in [0.05, 0.1) is 8.66 Å². The molecule has 1 aromatic carbocycles. The quantitative estimate of drug-likeness (QED) is 0.398. The van der Waals surface area contributed by atoms with Crippen LogP contribution in [0.15, 0.2) is 45.1 Å². The average Bonchev–Trinajstić information content (AvgIpc) is 2.97. The van der Waals surface area contributed by atoms with Gasteiger partial charge in [0.25, 0.3) is 5.91 Å². The van der Waals surface area contributed by atoms with E-state index in [-0.39, 0.29) is 5.91 Å². The van der Waals surface area contributed by atoms with Gasteiger partial charge in [-0.05, 0) is 47.1 Å². The van der Waals surface area contributed by atoms with Gasteiger partial charge in [-0.2, -0.15) is 0 Å². The Morgan fingerprint density at radius 1 is 1.13 bits per heavy atom. The van der Waals surface area contributed by atoms with Gasteiger partial charge >= 0.3 is 6.03 Å². The van der Waals surface area contributed by atoms with Gasteiger partial charge in [0.2, 0.25) is 0 Å². The number of nitrogens with one attached hydrogen (secondary N) is 3. The molecule has 0 atom stereocenters. The van der Waals surface area contributed by atoms with Gasteiger partial charge in [-0.3, -0.25) is 10.2 Å². The van der Waals surface area contributed by atoms with Crippen molar-refractivity contribution >= 4 is 51.0 Å². The fourth-order valence-corrected chi connectivity index (χ4v) is 3.67. The number of hydrazine groups is 1. The van der Waals surface area contributed by atoms with Crippen molar-refractivity contribution in [1.29, 1.82) is 0 Å². The zero-order valence-electron chi connectivity index (χ0n) is 12.4. The molecule has 122 valence electrons. The van der Waals surface area contributed by atoms with Gasteiger partial charge < -0.3 is 5.32 Å². The fraction of sp³-hybridized carbons (Fsp3) is 0.200. The molecule has 0 aliphatic carbocycles. The van der Waals surface area contributed by atoms with E-state index in [1.54, 1.807) is 23.9 Å². The van der Waals surface area contributed by atoms with Crippen LogP contribution in [0.1, 0.15) is 15.2 Å². The minimum atomic E-state index is -0.432. The van der Waals surface area contributed by atoms with Crippen LogP contribution in [0.25, 0.3) is 0 Å². The Labute approximate surface area is 151 Å². The summed E-state index contributed by atoms with van der Waals surface area (Å²) in [5.74, 6) is 0.410. The first-order chi connectivity index (χ1) is 11.0. The molecule has 0 radical (unpaired) electrons. The Bertz CT molecular complexity index is 674. The second-order valence-electron chi connectivity index (χ2n) is 4.60. The van der Waals surface area contributed by atoms with Crippen molar-refractivity contribution in [2.24, 2.45) is 0 Å². The maximum absolute atomic E-state index is 11.7. The molecule has 0 spiro atoms. The highest BCUT2D eigenvalue weighted by Crippen LogP contribution is 2.21. The second kappa shape index (κ2) is 8.95. The van der Waals surface area contributed by atoms with Crippen LogP contribution < -0.4 is 16.2 Å². The minimum Gasteiger partial charge on any atom is -0.336 e. The molecule has 8 heteroatoms. The van der Waals surface area contributed by atoms with Crippen LogP contribution in [0.3, 0.4) is 0 Å². The number of rotatable bonds is 5. The normalized spacial score (nSPS) is 10.2. The number of urea groups is 1. The standard InChI is InChI=1S/C15H16BrN3O2S2/c1-10-2-4-11(5-3-10)22-9-8-17-15(21)19-18-14(20)12-6-7-13(16)23-12/h2-7H,8-9H2,1H3,(H,18,20)(H2,17,19,21). The molecule has 0 saturated heterocycles. The van der Waals surface area contributed by atoms with E-state index in [0.29, 0.717) is 11.4 Å². The molecule has 0 aliphatic rings. The molecule has 3 N–H and O–H groups in total. The lowest BCUT2D eigenvalue weighted by atomic mass is 10.2. The molecule has 0 aliphatic heterocycles. The molecule has 0 bridgehead atoms. The van der Waals surface area contributed by atoms with Crippen molar-refractivity contribution in [3.8, 4) is 0 Å². The van der Waals surface area contributed by atoms with Crippen molar-refractivity contribution in [3.63, 3.8) is 0 Å². The lowest BCUT2D eigenvalue weighted by Gasteiger charge is -2.08. The summed E-state index contributed by atoms with van der Waals surface area (Å²) in [5.41, 5.74) is 5.91. The highest BCUT2D eigenvalue weighted by Gasteiger charge is 2.09. The molecule has 3 amide bonds. The summed E-state index contributed by atoms with van der Waals surface area (Å²) < 4.78 is 0.861. The first-order valence-electron chi connectivity index (χ1n) is 6.83. The summed E-state index contributed by atoms with van der Waals surface area (Å²) in [6.45, 7) is 2.55. The number of carbonyl (C=O) groups excluding carboxylic acids is 2. The van der Waals surface area contributed by atoms with Crippen LogP contribution in [-0.4, -0.2) is 24.2 Å². The lowest BCUT2D eigenvalue weighted by Crippen LogP contribution is -2.47. The number of hydrogen-bond acceptors (Lipinski definition) is 4. The Morgan fingerprint density at radius 2 is 1.87 bits per heavy atom. The van der Waals surface area contributed by atoms with Crippen LogP contribution in [0.2, 0.25) is 0 Å². The number of halogens is 1. The summed E-state index contributed by atoms with van der Waals surface area (Å²) >= 11 is 6.24. The third-order valence-corrected chi connectivity index (χ3v) is 5.40. The highest BCUT2D eigenvalue weighted by atomic mass is 79.9. The number of thioether (sulfide) groups is 1. The molecule has 1 heterocycles. The van der Waals surface area contributed by atoms with E-state index in [0.717, 1.165) is 14.4 Å². The third kappa shape index (κ3) is 6.25. The molecule has 2 aromatic rings. The number of benzene rings is 1. The zero-order chi connectivity index (χ0) is 16.7. The van der Waals surface area contributed by atoms with Crippen molar-refractivity contribution < 1.29 is 9.59 Å². The lowest BCUT2D eigenvalue weighted by molar-refractivity contribution is 0.0940. The van der Waals surface area contributed by atoms with Crippen LogP contribution in [0.5, 0.6) is 0 Å². The fourth-order valence-electron chi connectivity index (χ4n) is 1.62. The summed E-state index contributed by atoms with van der Waals surface area (Å²) in [6.07, 6.45) is 0. The molecule has 1 aromatic heterocycles. The Kier molecular flexibility index (Phi) is 6.94. The predicted molar refractivity (Wildman–Crippen MR) is 97.9 cm³/mol. The zero-order valence-corrected chi connectivity index (χ0v) is 15.6. The number of thiophene rings is 1. The van der Waals surface area contributed by atoms with E-state index in [2.05, 4.69) is 56.4 Å². The first kappa shape index (κ1) is 17.8. The van der Waals surface area contributed by atoms with Gasteiger partial charge in [0.1, 0.15) is 0 Å². The van der Waals surface area contributed by atoms with Crippen molar-refractivity contribution in [1.82, 2.24) is 16.2 Å². The number of hydrogen-bond donors (Lipinski definition) is 3. The van der Waals surface area contributed by atoms with Gasteiger partial charge in [-0.15, -0.1) is 23.1 Å². The molecular formula is C15H16BrN3O2S2. The van der Waals surface area contributed by atoms with Crippen LogP contribution in [0.4, 0.5) is 4.79 Å². The Hall–Kier alpha value is -1.51. The Balaban J connectivity index is 1.61. The minimum absolute atomic E-state index is 0.343. The van der Waals surface area contributed by atoms with E-state index >= 15 is 0 Å². The van der Waals surface area contributed by atoms with Gasteiger partial charge in [0, 0.05) is 17.2 Å². The molecule has 0 saturated carbocycles. The van der Waals surface area contributed by atoms with Gasteiger partial charge in [-0.1, -0.05) is 17.7 Å². The van der Waals surface area contributed by atoms with E-state index in [1.807, 2.05) is 6.92 Å². The predicted octanol–water partition coefficient (Wildman–Crippen LogP) is 3.56. The summed E-state index contributed by atoms with van der Waals surface area (Å²) in [4.78, 5) is 25.0. The maximum atomic E-state index is 11.7. The average molecular weight is 414 g/mol. The van der Waals surface area contributed by atoms with Gasteiger partial charge in [0.15, 0.2) is 0 Å². The topological polar surface area (TPSA) is 70.2 Å². The van der Waals surface area contributed by atoms with Crippen molar-refractivity contribution in [2.75, 3.05) is 12.3 Å². The third-order valence-electron chi connectivity index (χ3n) is 2.76. The monoisotopic (exact) mass is 413 g/mol. The van der Waals surface area contributed by atoms with Crippen molar-refractivity contribution in [2.45, 2.75) is 11.8 Å². The largest absolute Gasteiger partial charge is 0.336 e. The Morgan fingerprint density at radius 3 is 2.52 bits per heavy atom. The van der Waals surface area contributed by atoms with E-state index in [1.165, 1.54) is 16.9 Å². The van der Waals surface area contributed by atoms with Crippen LogP contribution >= 0.6 is 39.0 Å². The molecule has 0 fully saturated rings. The summed E-state index contributed by atoms with van der Waals surface area (Å²) in [7, 11) is 0. The molecule has 5 nitrogen and oxygen atoms in total. The smallest absolute Gasteiger partial charge is 0.333 e. The van der Waals surface area contributed by atoms with Crippen LogP contribution in [0, 0.1) is 6.92 Å². The molecule has 0 unspecified atom stereocenters. The number of amides is 3. The maximum Gasteiger partial charge on any atom is 0.333 e. The number of carbonyl (C=O) groups is 2. The summed E-state index contributed by atoms with van der Waals surface area (Å²) in [6, 6.07) is 11.3. The SMILES string of the molecule is Cc1ccc(SCCNC(=O)NNC(=O)c2ccc(Br)s2)cc1. The molecule has 2 rings (SSSR count). The molecular weight excluding hydrogens is 398 g/mol. The molecule has 23 heavy (non-hydrogen) atoms.